The first-order chi connectivity index (χ1) is 8.88. The Balaban J connectivity index is 2.18. The minimum absolute atomic E-state index is 0.584. The molecule has 0 heterocycles. The van der Waals surface area contributed by atoms with Crippen molar-refractivity contribution in [3.05, 3.63) is 54.8 Å². The first-order valence-electron chi connectivity index (χ1n) is 6.19. The number of hydrogen-bond donors (Lipinski definition) is 0. The summed E-state index contributed by atoms with van der Waals surface area (Å²) in [6.07, 6.45) is 3.91. The zero-order valence-electron chi connectivity index (χ0n) is 10.1. The van der Waals surface area contributed by atoms with Crippen LogP contribution in [0.25, 0.3) is 10.8 Å². The van der Waals surface area contributed by atoms with Crippen molar-refractivity contribution >= 4 is 10.8 Å². The van der Waals surface area contributed by atoms with Gasteiger partial charge in [-0.2, -0.15) is 0 Å². The molecule has 0 aliphatic heterocycles. The third kappa shape index (κ3) is 2.10. The van der Waals surface area contributed by atoms with Crippen LogP contribution in [0.1, 0.15) is 18.4 Å². The van der Waals surface area contributed by atoms with E-state index in [1.165, 1.54) is 24.5 Å². The molecule has 88 valence electrons. The van der Waals surface area contributed by atoms with Gasteiger partial charge in [-0.15, -0.1) is 0 Å². The van der Waals surface area contributed by atoms with E-state index in [1.54, 1.807) is 0 Å². The van der Waals surface area contributed by atoms with E-state index >= 15 is 0 Å². The summed E-state index contributed by atoms with van der Waals surface area (Å²) in [6, 6.07) is 12.3. The molecule has 0 saturated heterocycles. The lowest BCUT2D eigenvalue weighted by Crippen LogP contribution is -1.88. The van der Waals surface area contributed by atoms with Crippen LogP contribution in [0.5, 0.6) is 5.75 Å². The predicted molar refractivity (Wildman–Crippen MR) is 74.4 cm³/mol. The van der Waals surface area contributed by atoms with E-state index in [-0.39, 0.29) is 0 Å². The Morgan fingerprint density at radius 3 is 2.78 bits per heavy atom. The van der Waals surface area contributed by atoms with Gasteiger partial charge in [0.1, 0.15) is 5.75 Å². The van der Waals surface area contributed by atoms with Gasteiger partial charge in [-0.25, -0.2) is 0 Å². The normalized spacial score (nSPS) is 13.8. The van der Waals surface area contributed by atoms with Crippen LogP contribution >= 0.6 is 0 Å². The lowest BCUT2D eigenvalue weighted by atomic mass is 10.0. The molecule has 18 heavy (non-hydrogen) atoms. The summed E-state index contributed by atoms with van der Waals surface area (Å²) in [5.41, 5.74) is 0.972. The lowest BCUT2D eigenvalue weighted by molar-refractivity contribution is 0.483. The summed E-state index contributed by atoms with van der Waals surface area (Å²) in [5.74, 6) is 7.95. The molecule has 1 heteroatoms. The number of benzene rings is 2. The zero-order valence-corrected chi connectivity index (χ0v) is 10.1. The summed E-state index contributed by atoms with van der Waals surface area (Å²) in [6.45, 7) is 3.61. The highest BCUT2D eigenvalue weighted by Gasteiger charge is 2.18. The number of fused-ring (bicyclic) bond motifs is 1. The van der Waals surface area contributed by atoms with Gasteiger partial charge in [0.05, 0.1) is 11.8 Å². The van der Waals surface area contributed by atoms with E-state index in [4.69, 9.17) is 4.74 Å². The average Bonchev–Trinajstić information content (AvgIpc) is 3.22. The molecular formula is C17H14O. The molecule has 1 fully saturated rings. The van der Waals surface area contributed by atoms with E-state index in [0.29, 0.717) is 5.92 Å². The Labute approximate surface area is 107 Å². The van der Waals surface area contributed by atoms with Gasteiger partial charge in [-0.3, -0.25) is 0 Å². The van der Waals surface area contributed by atoms with Gasteiger partial charge in [0, 0.05) is 11.3 Å². The fraction of sp³-hybridized carbons (Fsp3) is 0.176. The van der Waals surface area contributed by atoms with E-state index in [1.807, 2.05) is 18.2 Å². The fourth-order valence-electron chi connectivity index (χ4n) is 1.97. The minimum atomic E-state index is 0.584. The molecule has 0 unspecified atom stereocenters. The molecule has 2 aromatic carbocycles. The highest BCUT2D eigenvalue weighted by molar-refractivity contribution is 5.90. The third-order valence-electron chi connectivity index (χ3n) is 3.08. The maximum atomic E-state index is 5.46. The second kappa shape index (κ2) is 4.58. The van der Waals surface area contributed by atoms with Crippen molar-refractivity contribution in [1.29, 1.82) is 0 Å². The van der Waals surface area contributed by atoms with Gasteiger partial charge in [0.25, 0.3) is 0 Å². The maximum Gasteiger partial charge on any atom is 0.142 e. The van der Waals surface area contributed by atoms with Crippen LogP contribution in [0.4, 0.5) is 0 Å². The Bertz CT molecular complexity index is 654. The smallest absolute Gasteiger partial charge is 0.142 e. The zero-order chi connectivity index (χ0) is 12.4. The lowest BCUT2D eigenvalue weighted by Gasteiger charge is -2.07. The first kappa shape index (κ1) is 10.9. The van der Waals surface area contributed by atoms with Crippen molar-refractivity contribution in [3.8, 4) is 17.6 Å². The van der Waals surface area contributed by atoms with Crippen LogP contribution in [-0.4, -0.2) is 0 Å². The van der Waals surface area contributed by atoms with Gasteiger partial charge in [-0.1, -0.05) is 48.8 Å². The molecule has 1 aliphatic rings. The molecule has 0 radical (unpaired) electrons. The Morgan fingerprint density at radius 1 is 1.17 bits per heavy atom. The van der Waals surface area contributed by atoms with Crippen LogP contribution in [0.2, 0.25) is 0 Å². The van der Waals surface area contributed by atoms with Crippen molar-refractivity contribution in [2.24, 2.45) is 5.92 Å². The van der Waals surface area contributed by atoms with Gasteiger partial charge in [0.2, 0.25) is 0 Å². The molecule has 2 aromatic rings. The van der Waals surface area contributed by atoms with E-state index in [2.05, 4.69) is 36.6 Å². The molecular weight excluding hydrogens is 220 g/mol. The fourth-order valence-corrected chi connectivity index (χ4v) is 1.97. The van der Waals surface area contributed by atoms with Crippen LogP contribution in [0.15, 0.2) is 49.2 Å². The molecule has 0 aromatic heterocycles. The monoisotopic (exact) mass is 234 g/mol. The SMILES string of the molecule is C=COc1ccc2ccccc2c1C#CC1CC1. The summed E-state index contributed by atoms with van der Waals surface area (Å²) in [5, 5.41) is 2.33. The Kier molecular flexibility index (Phi) is 2.78. The van der Waals surface area contributed by atoms with Crippen LogP contribution in [0.3, 0.4) is 0 Å². The number of hydrogen-bond acceptors (Lipinski definition) is 1. The molecule has 0 N–H and O–H groups in total. The molecule has 0 atom stereocenters. The molecule has 0 spiro atoms. The van der Waals surface area contributed by atoms with Gasteiger partial charge in [-0.05, 0) is 24.3 Å². The summed E-state index contributed by atoms with van der Waals surface area (Å²) in [7, 11) is 0. The quantitative estimate of drug-likeness (QED) is 0.561. The van der Waals surface area contributed by atoms with E-state index in [9.17, 15) is 0 Å². The highest BCUT2D eigenvalue weighted by atomic mass is 16.5. The standard InChI is InChI=1S/C17H14O/c1-2-18-17-12-10-14-5-3-4-6-15(14)16(17)11-9-13-7-8-13/h2-6,10,12-13H,1,7-8H2. The topological polar surface area (TPSA) is 9.23 Å². The number of ether oxygens (including phenoxy) is 1. The largest absolute Gasteiger partial charge is 0.464 e. The molecule has 1 saturated carbocycles. The second-order valence-corrected chi connectivity index (χ2v) is 4.49. The van der Waals surface area contributed by atoms with Crippen LogP contribution in [0, 0.1) is 17.8 Å². The molecule has 1 nitrogen and oxygen atoms in total. The number of rotatable bonds is 2. The van der Waals surface area contributed by atoms with E-state index in [0.717, 1.165) is 16.7 Å². The minimum Gasteiger partial charge on any atom is -0.464 e. The van der Waals surface area contributed by atoms with Crippen LogP contribution < -0.4 is 4.74 Å². The summed E-state index contributed by atoms with van der Waals surface area (Å²) in [4.78, 5) is 0. The molecule has 0 amide bonds. The predicted octanol–water partition coefficient (Wildman–Crippen LogP) is 4.12. The van der Waals surface area contributed by atoms with Gasteiger partial charge in [0.15, 0.2) is 0 Å². The van der Waals surface area contributed by atoms with Gasteiger partial charge >= 0.3 is 0 Å². The Hall–Kier alpha value is -2.20. The first-order valence-corrected chi connectivity index (χ1v) is 6.19. The third-order valence-corrected chi connectivity index (χ3v) is 3.08. The van der Waals surface area contributed by atoms with E-state index < -0.39 is 0 Å². The molecule has 0 bridgehead atoms. The Morgan fingerprint density at radius 2 is 2.00 bits per heavy atom. The second-order valence-electron chi connectivity index (χ2n) is 4.49. The van der Waals surface area contributed by atoms with Crippen molar-refractivity contribution in [3.63, 3.8) is 0 Å². The molecule has 3 rings (SSSR count). The molecule has 1 aliphatic carbocycles. The van der Waals surface area contributed by atoms with Crippen molar-refractivity contribution in [2.75, 3.05) is 0 Å². The van der Waals surface area contributed by atoms with Crippen molar-refractivity contribution in [1.82, 2.24) is 0 Å². The average molecular weight is 234 g/mol. The van der Waals surface area contributed by atoms with Crippen molar-refractivity contribution < 1.29 is 4.74 Å². The maximum absolute atomic E-state index is 5.46. The van der Waals surface area contributed by atoms with Gasteiger partial charge < -0.3 is 4.74 Å². The summed E-state index contributed by atoms with van der Waals surface area (Å²) < 4.78 is 5.46. The van der Waals surface area contributed by atoms with Crippen molar-refractivity contribution in [2.45, 2.75) is 12.8 Å². The highest BCUT2D eigenvalue weighted by Crippen LogP contribution is 2.30. The van der Waals surface area contributed by atoms with Crippen LogP contribution in [-0.2, 0) is 0 Å². The summed E-state index contributed by atoms with van der Waals surface area (Å²) >= 11 is 0.